The lowest BCUT2D eigenvalue weighted by molar-refractivity contribution is -0.119. The van der Waals surface area contributed by atoms with Crippen LogP contribution in [0.1, 0.15) is 131 Å². The van der Waals surface area contributed by atoms with E-state index in [4.69, 9.17) is 0 Å². The Morgan fingerprint density at radius 1 is 0.968 bits per heavy atom. The van der Waals surface area contributed by atoms with E-state index in [1.165, 1.54) is 51.4 Å². The van der Waals surface area contributed by atoms with Gasteiger partial charge in [-0.25, -0.2) is 0 Å². The minimum atomic E-state index is -0.167. The summed E-state index contributed by atoms with van der Waals surface area (Å²) in [7, 11) is 0. The number of carbonyl (C=O) groups excluding carboxylic acids is 1. The maximum absolute atomic E-state index is 12.7. The number of aliphatic hydroxyl groups is 1. The molecule has 2 unspecified atom stereocenters. The van der Waals surface area contributed by atoms with E-state index >= 15 is 0 Å². The first-order valence-corrected chi connectivity index (χ1v) is 13.8. The van der Waals surface area contributed by atoms with Crippen molar-refractivity contribution in [2.24, 2.45) is 40.9 Å². The van der Waals surface area contributed by atoms with Gasteiger partial charge in [-0.3, -0.25) is 4.79 Å². The van der Waals surface area contributed by atoms with Gasteiger partial charge < -0.3 is 5.11 Å². The number of aliphatic hydroxyl groups excluding tert-OH is 1. The summed E-state index contributed by atoms with van der Waals surface area (Å²) in [5, 5.41) is 10.9. The van der Waals surface area contributed by atoms with Crippen molar-refractivity contribution in [2.75, 3.05) is 0 Å². The van der Waals surface area contributed by atoms with Gasteiger partial charge in [0.05, 0.1) is 6.10 Å². The van der Waals surface area contributed by atoms with E-state index < -0.39 is 0 Å². The largest absolute Gasteiger partial charge is 0.393 e. The average Bonchev–Trinajstić information content (AvgIpc) is 2.74. The van der Waals surface area contributed by atoms with Crippen LogP contribution in [0.15, 0.2) is 0 Å². The second-order valence-corrected chi connectivity index (χ2v) is 12.7. The molecule has 0 saturated heterocycles. The third kappa shape index (κ3) is 9.18. The van der Waals surface area contributed by atoms with E-state index in [1.807, 2.05) is 0 Å². The molecule has 0 amide bonds. The van der Waals surface area contributed by atoms with E-state index in [2.05, 4.69) is 41.5 Å². The summed E-state index contributed by atoms with van der Waals surface area (Å²) >= 11 is 0. The van der Waals surface area contributed by atoms with Crippen molar-refractivity contribution in [3.05, 3.63) is 0 Å². The van der Waals surface area contributed by atoms with Crippen LogP contribution in [0.2, 0.25) is 0 Å². The highest BCUT2D eigenvalue weighted by Crippen LogP contribution is 2.41. The second kappa shape index (κ2) is 12.8. The van der Waals surface area contributed by atoms with Crippen LogP contribution in [0.4, 0.5) is 0 Å². The Morgan fingerprint density at radius 3 is 2.13 bits per heavy atom. The molecule has 2 aliphatic carbocycles. The SMILES string of the molecule is CCC(C)C(CCC(=O)CCC1CCC(C(C)(C)C)CC1)C[C@H](O)C1CCC(C)CC1. The van der Waals surface area contributed by atoms with Crippen LogP contribution in [0.5, 0.6) is 0 Å². The molecule has 0 aromatic carbocycles. The molecule has 2 nitrogen and oxygen atoms in total. The molecule has 0 spiro atoms. The van der Waals surface area contributed by atoms with Gasteiger partial charge in [0.25, 0.3) is 0 Å². The molecule has 0 bridgehead atoms. The molecule has 0 heterocycles. The fraction of sp³-hybridized carbons (Fsp3) is 0.966. The minimum absolute atomic E-state index is 0.167. The summed E-state index contributed by atoms with van der Waals surface area (Å²) in [5.74, 6) is 4.49. The summed E-state index contributed by atoms with van der Waals surface area (Å²) in [6.07, 6.45) is 15.7. The molecule has 0 aliphatic heterocycles. The van der Waals surface area contributed by atoms with Crippen molar-refractivity contribution >= 4 is 5.78 Å². The van der Waals surface area contributed by atoms with Gasteiger partial charge >= 0.3 is 0 Å². The maximum Gasteiger partial charge on any atom is 0.132 e. The van der Waals surface area contributed by atoms with Crippen molar-refractivity contribution in [3.8, 4) is 0 Å². The fourth-order valence-electron chi connectivity index (χ4n) is 6.29. The predicted octanol–water partition coefficient (Wildman–Crippen LogP) is 8.21. The number of hydrogen-bond acceptors (Lipinski definition) is 2. The Morgan fingerprint density at radius 2 is 1.58 bits per heavy atom. The lowest BCUT2D eigenvalue weighted by Gasteiger charge is -2.37. The molecule has 2 fully saturated rings. The Bertz CT molecular complexity index is 503. The number of hydrogen-bond donors (Lipinski definition) is 1. The van der Waals surface area contributed by atoms with Crippen LogP contribution in [0, 0.1) is 40.9 Å². The quantitative estimate of drug-likeness (QED) is 0.356. The normalized spacial score (nSPS) is 30.5. The van der Waals surface area contributed by atoms with Crippen LogP contribution in [0.25, 0.3) is 0 Å². The van der Waals surface area contributed by atoms with Crippen LogP contribution in [-0.4, -0.2) is 17.0 Å². The number of ketones is 1. The standard InChI is InChI=1S/C29H54O2/c1-7-22(3)25(20-28(31)24-13-8-21(2)9-14-24)15-19-27(30)18-12-23-10-16-26(17-11-23)29(4,5)6/h21-26,28,31H,7-20H2,1-6H3/t21?,22?,23?,24?,25?,26?,28-/m0/s1. The fourth-order valence-corrected chi connectivity index (χ4v) is 6.29. The van der Waals surface area contributed by atoms with Crippen molar-refractivity contribution in [1.82, 2.24) is 0 Å². The second-order valence-electron chi connectivity index (χ2n) is 12.7. The van der Waals surface area contributed by atoms with E-state index in [9.17, 15) is 9.90 Å². The van der Waals surface area contributed by atoms with Crippen LogP contribution < -0.4 is 0 Å². The highest BCUT2D eigenvalue weighted by Gasteiger charge is 2.30. The number of Topliss-reactive ketones (excluding diaryl/α,β-unsaturated/α-hetero) is 1. The average molecular weight is 435 g/mol. The van der Waals surface area contributed by atoms with Gasteiger partial charge in [-0.05, 0) is 85.9 Å². The minimum Gasteiger partial charge on any atom is -0.393 e. The lowest BCUT2D eigenvalue weighted by atomic mass is 9.69. The molecular weight excluding hydrogens is 380 g/mol. The lowest BCUT2D eigenvalue weighted by Crippen LogP contribution is -2.29. The zero-order chi connectivity index (χ0) is 23.0. The molecule has 31 heavy (non-hydrogen) atoms. The van der Waals surface area contributed by atoms with Gasteiger partial charge in [0.15, 0.2) is 0 Å². The number of carbonyl (C=O) groups is 1. The highest BCUT2D eigenvalue weighted by molar-refractivity contribution is 5.78. The summed E-state index contributed by atoms with van der Waals surface area (Å²) in [6.45, 7) is 14.0. The van der Waals surface area contributed by atoms with E-state index in [-0.39, 0.29) is 6.10 Å². The maximum atomic E-state index is 12.7. The summed E-state index contributed by atoms with van der Waals surface area (Å²) in [4.78, 5) is 12.7. The summed E-state index contributed by atoms with van der Waals surface area (Å²) < 4.78 is 0. The Labute approximate surface area is 194 Å². The zero-order valence-corrected chi connectivity index (χ0v) is 21.8. The molecule has 0 aromatic rings. The van der Waals surface area contributed by atoms with Gasteiger partial charge in [-0.2, -0.15) is 0 Å². The molecule has 2 heteroatoms. The van der Waals surface area contributed by atoms with Crippen LogP contribution >= 0.6 is 0 Å². The zero-order valence-electron chi connectivity index (χ0n) is 21.8. The molecule has 2 aliphatic rings. The van der Waals surface area contributed by atoms with Gasteiger partial charge in [0.1, 0.15) is 5.78 Å². The molecule has 182 valence electrons. The van der Waals surface area contributed by atoms with Crippen molar-refractivity contribution in [1.29, 1.82) is 0 Å². The smallest absolute Gasteiger partial charge is 0.132 e. The third-order valence-corrected chi connectivity index (χ3v) is 9.29. The van der Waals surface area contributed by atoms with Crippen LogP contribution in [0.3, 0.4) is 0 Å². The molecule has 1 N–H and O–H groups in total. The van der Waals surface area contributed by atoms with Gasteiger partial charge in [-0.15, -0.1) is 0 Å². The molecule has 3 atom stereocenters. The Hall–Kier alpha value is -0.370. The van der Waals surface area contributed by atoms with E-state index in [0.717, 1.165) is 56.3 Å². The topological polar surface area (TPSA) is 37.3 Å². The first kappa shape index (κ1) is 26.9. The predicted molar refractivity (Wildman–Crippen MR) is 133 cm³/mol. The first-order valence-electron chi connectivity index (χ1n) is 13.8. The van der Waals surface area contributed by atoms with Crippen molar-refractivity contribution in [3.63, 3.8) is 0 Å². The summed E-state index contributed by atoms with van der Waals surface area (Å²) in [6, 6.07) is 0. The highest BCUT2D eigenvalue weighted by atomic mass is 16.3. The Balaban J connectivity index is 1.71. The molecule has 0 radical (unpaired) electrons. The molecule has 0 aromatic heterocycles. The van der Waals surface area contributed by atoms with Crippen molar-refractivity contribution in [2.45, 2.75) is 138 Å². The molecular formula is C29H54O2. The van der Waals surface area contributed by atoms with E-state index in [1.54, 1.807) is 0 Å². The van der Waals surface area contributed by atoms with Gasteiger partial charge in [0.2, 0.25) is 0 Å². The van der Waals surface area contributed by atoms with Gasteiger partial charge in [-0.1, -0.05) is 73.6 Å². The van der Waals surface area contributed by atoms with Gasteiger partial charge in [0, 0.05) is 12.8 Å². The first-order chi connectivity index (χ1) is 14.6. The van der Waals surface area contributed by atoms with Crippen molar-refractivity contribution < 1.29 is 9.90 Å². The monoisotopic (exact) mass is 434 g/mol. The number of rotatable bonds is 11. The molecule has 2 rings (SSSR count). The summed E-state index contributed by atoms with van der Waals surface area (Å²) in [5.41, 5.74) is 0.437. The Kier molecular flexibility index (Phi) is 11.1. The third-order valence-electron chi connectivity index (χ3n) is 9.29. The van der Waals surface area contributed by atoms with E-state index in [0.29, 0.717) is 29.0 Å². The van der Waals surface area contributed by atoms with Crippen LogP contribution in [-0.2, 0) is 4.79 Å². The molecule has 2 saturated carbocycles.